The minimum atomic E-state index is 0.508. The lowest BCUT2D eigenvalue weighted by molar-refractivity contribution is 0.781. The molecule has 0 atom stereocenters. The van der Waals surface area contributed by atoms with Crippen molar-refractivity contribution in [1.29, 1.82) is 0 Å². The van der Waals surface area contributed by atoms with E-state index in [4.69, 9.17) is 11.6 Å². The van der Waals surface area contributed by atoms with E-state index in [9.17, 15) is 0 Å². The number of anilines is 1. The van der Waals surface area contributed by atoms with E-state index in [1.807, 2.05) is 12.1 Å². The van der Waals surface area contributed by atoms with Crippen molar-refractivity contribution in [1.82, 2.24) is 4.98 Å². The van der Waals surface area contributed by atoms with Gasteiger partial charge in [0.25, 0.3) is 0 Å². The van der Waals surface area contributed by atoms with Crippen LogP contribution in [0.15, 0.2) is 30.5 Å². The maximum atomic E-state index is 5.73. The van der Waals surface area contributed by atoms with Gasteiger partial charge in [-0.25, -0.2) is 4.98 Å². The van der Waals surface area contributed by atoms with E-state index < -0.39 is 0 Å². The van der Waals surface area contributed by atoms with Crippen LogP contribution in [0.5, 0.6) is 0 Å². The molecule has 1 N–H and O–H groups in total. The lowest BCUT2D eigenvalue weighted by Crippen LogP contribution is -2.15. The SMILES string of the molecule is Clc1ccc(NC2CC=CC2)nc1. The van der Waals surface area contributed by atoms with Gasteiger partial charge in [-0.15, -0.1) is 0 Å². The first kappa shape index (κ1) is 8.57. The second-order valence-corrected chi connectivity index (χ2v) is 3.58. The maximum Gasteiger partial charge on any atom is 0.126 e. The smallest absolute Gasteiger partial charge is 0.126 e. The third-order valence-electron chi connectivity index (χ3n) is 2.09. The molecular formula is C10H11ClN2. The first-order chi connectivity index (χ1) is 6.34. The third-order valence-corrected chi connectivity index (χ3v) is 2.31. The van der Waals surface area contributed by atoms with Gasteiger partial charge < -0.3 is 5.32 Å². The highest BCUT2D eigenvalue weighted by Gasteiger charge is 2.09. The van der Waals surface area contributed by atoms with E-state index in [0.29, 0.717) is 11.1 Å². The summed E-state index contributed by atoms with van der Waals surface area (Å²) in [6.07, 6.45) is 8.21. The van der Waals surface area contributed by atoms with Gasteiger partial charge in [-0.2, -0.15) is 0 Å². The number of rotatable bonds is 2. The highest BCUT2D eigenvalue weighted by molar-refractivity contribution is 6.30. The van der Waals surface area contributed by atoms with Crippen LogP contribution in [0.4, 0.5) is 5.82 Å². The van der Waals surface area contributed by atoms with Crippen LogP contribution < -0.4 is 5.32 Å². The number of halogens is 1. The Morgan fingerprint density at radius 1 is 1.31 bits per heavy atom. The van der Waals surface area contributed by atoms with Crippen molar-refractivity contribution < 1.29 is 0 Å². The molecule has 2 rings (SSSR count). The summed E-state index contributed by atoms with van der Waals surface area (Å²) in [5.74, 6) is 0.901. The second-order valence-electron chi connectivity index (χ2n) is 3.15. The molecule has 1 aromatic heterocycles. The predicted molar refractivity (Wildman–Crippen MR) is 55.0 cm³/mol. The van der Waals surface area contributed by atoms with Gasteiger partial charge in [-0.05, 0) is 25.0 Å². The van der Waals surface area contributed by atoms with Crippen LogP contribution in [0.3, 0.4) is 0 Å². The van der Waals surface area contributed by atoms with Crippen molar-refractivity contribution in [2.24, 2.45) is 0 Å². The summed E-state index contributed by atoms with van der Waals surface area (Å²) >= 11 is 5.73. The molecule has 1 aromatic rings. The molecule has 68 valence electrons. The number of hydrogen-bond donors (Lipinski definition) is 1. The molecule has 0 fully saturated rings. The van der Waals surface area contributed by atoms with Crippen molar-refractivity contribution in [3.8, 4) is 0 Å². The van der Waals surface area contributed by atoms with Crippen molar-refractivity contribution in [2.75, 3.05) is 5.32 Å². The van der Waals surface area contributed by atoms with Gasteiger partial charge in [0.15, 0.2) is 0 Å². The van der Waals surface area contributed by atoms with E-state index in [1.165, 1.54) is 0 Å². The van der Waals surface area contributed by atoms with Gasteiger partial charge in [0.05, 0.1) is 5.02 Å². The van der Waals surface area contributed by atoms with Crippen LogP contribution in [0.25, 0.3) is 0 Å². The third kappa shape index (κ3) is 2.22. The van der Waals surface area contributed by atoms with E-state index in [-0.39, 0.29) is 0 Å². The highest BCUT2D eigenvalue weighted by Crippen LogP contribution is 2.16. The fourth-order valence-electron chi connectivity index (χ4n) is 1.41. The molecule has 3 heteroatoms. The number of hydrogen-bond acceptors (Lipinski definition) is 2. The second kappa shape index (κ2) is 3.79. The Hall–Kier alpha value is -1.02. The first-order valence-corrected chi connectivity index (χ1v) is 4.75. The molecule has 0 bridgehead atoms. The Morgan fingerprint density at radius 3 is 2.69 bits per heavy atom. The molecule has 0 spiro atoms. The fraction of sp³-hybridized carbons (Fsp3) is 0.300. The molecule has 0 radical (unpaired) electrons. The average Bonchev–Trinajstić information content (AvgIpc) is 2.62. The fourth-order valence-corrected chi connectivity index (χ4v) is 1.52. The quantitative estimate of drug-likeness (QED) is 0.733. The zero-order chi connectivity index (χ0) is 9.10. The van der Waals surface area contributed by atoms with Crippen molar-refractivity contribution in [3.05, 3.63) is 35.5 Å². The zero-order valence-electron chi connectivity index (χ0n) is 7.20. The number of nitrogens with one attached hydrogen (secondary N) is 1. The molecule has 0 unspecified atom stereocenters. The van der Waals surface area contributed by atoms with Crippen molar-refractivity contribution in [2.45, 2.75) is 18.9 Å². The summed E-state index contributed by atoms with van der Waals surface area (Å²) in [6.45, 7) is 0. The maximum absolute atomic E-state index is 5.73. The zero-order valence-corrected chi connectivity index (χ0v) is 7.96. The van der Waals surface area contributed by atoms with Gasteiger partial charge >= 0.3 is 0 Å². The predicted octanol–water partition coefficient (Wildman–Crippen LogP) is 2.87. The van der Waals surface area contributed by atoms with E-state index in [0.717, 1.165) is 18.7 Å². The number of nitrogens with zero attached hydrogens (tertiary/aromatic N) is 1. The Kier molecular flexibility index (Phi) is 2.50. The molecule has 0 amide bonds. The molecule has 1 aliphatic rings. The topological polar surface area (TPSA) is 24.9 Å². The Balaban J connectivity index is 1.97. The average molecular weight is 195 g/mol. The molecule has 0 aliphatic heterocycles. The molecule has 0 saturated heterocycles. The molecule has 1 aliphatic carbocycles. The Labute approximate surface area is 82.6 Å². The van der Waals surface area contributed by atoms with Gasteiger partial charge in [-0.3, -0.25) is 0 Å². The van der Waals surface area contributed by atoms with Crippen LogP contribution in [-0.2, 0) is 0 Å². The monoisotopic (exact) mass is 194 g/mol. The number of aromatic nitrogens is 1. The summed E-state index contributed by atoms with van der Waals surface area (Å²) in [4.78, 5) is 4.17. The molecule has 1 heterocycles. The summed E-state index contributed by atoms with van der Waals surface area (Å²) in [6, 6.07) is 4.26. The Bertz CT molecular complexity index is 297. The van der Waals surface area contributed by atoms with Crippen LogP contribution in [0, 0.1) is 0 Å². The lowest BCUT2D eigenvalue weighted by Gasteiger charge is -2.11. The normalized spacial score (nSPS) is 16.4. The molecular weight excluding hydrogens is 184 g/mol. The van der Waals surface area contributed by atoms with Crippen LogP contribution in [-0.4, -0.2) is 11.0 Å². The van der Waals surface area contributed by atoms with E-state index >= 15 is 0 Å². The Morgan fingerprint density at radius 2 is 2.08 bits per heavy atom. The standard InChI is InChI=1S/C10H11ClN2/c11-8-5-6-10(12-7-8)13-9-3-1-2-4-9/h1-2,5-7,9H,3-4H2,(H,12,13). The molecule has 2 nitrogen and oxygen atoms in total. The van der Waals surface area contributed by atoms with Gasteiger partial charge in [0.1, 0.15) is 5.82 Å². The van der Waals surface area contributed by atoms with Crippen molar-refractivity contribution in [3.63, 3.8) is 0 Å². The molecule has 0 aromatic carbocycles. The van der Waals surface area contributed by atoms with Crippen LogP contribution in [0.1, 0.15) is 12.8 Å². The molecule has 13 heavy (non-hydrogen) atoms. The van der Waals surface area contributed by atoms with Gasteiger partial charge in [0.2, 0.25) is 0 Å². The minimum Gasteiger partial charge on any atom is -0.367 e. The van der Waals surface area contributed by atoms with E-state index in [2.05, 4.69) is 22.5 Å². The van der Waals surface area contributed by atoms with Crippen LogP contribution in [0.2, 0.25) is 5.02 Å². The van der Waals surface area contributed by atoms with Gasteiger partial charge in [0, 0.05) is 12.2 Å². The highest BCUT2D eigenvalue weighted by atomic mass is 35.5. The summed E-state index contributed by atoms with van der Waals surface area (Å²) in [5.41, 5.74) is 0. The largest absolute Gasteiger partial charge is 0.367 e. The van der Waals surface area contributed by atoms with Crippen LogP contribution >= 0.6 is 11.6 Å². The first-order valence-electron chi connectivity index (χ1n) is 4.38. The minimum absolute atomic E-state index is 0.508. The number of pyridine rings is 1. The summed E-state index contributed by atoms with van der Waals surface area (Å²) in [5, 5.41) is 4.01. The molecule has 0 saturated carbocycles. The van der Waals surface area contributed by atoms with Crippen molar-refractivity contribution >= 4 is 17.4 Å². The summed E-state index contributed by atoms with van der Waals surface area (Å²) in [7, 11) is 0. The summed E-state index contributed by atoms with van der Waals surface area (Å²) < 4.78 is 0. The van der Waals surface area contributed by atoms with Gasteiger partial charge in [-0.1, -0.05) is 23.8 Å². The lowest BCUT2D eigenvalue weighted by atomic mass is 10.2. The van der Waals surface area contributed by atoms with E-state index in [1.54, 1.807) is 6.20 Å².